The van der Waals surface area contributed by atoms with Gasteiger partial charge in [0.2, 0.25) is 0 Å². The van der Waals surface area contributed by atoms with E-state index in [1.165, 1.54) is 0 Å². The number of hydrogen-bond donors (Lipinski definition) is 2. The fourth-order valence-corrected chi connectivity index (χ4v) is 3.46. The molecule has 1 unspecified atom stereocenters. The lowest BCUT2D eigenvalue weighted by Crippen LogP contribution is -2.54. The van der Waals surface area contributed by atoms with Crippen molar-refractivity contribution in [3.05, 3.63) is 35.0 Å². The third kappa shape index (κ3) is 2.69. The molecule has 0 radical (unpaired) electrons. The van der Waals surface area contributed by atoms with Gasteiger partial charge in [0.25, 0.3) is 0 Å². The maximum atomic E-state index is 6.21. The molecule has 1 aromatic heterocycles. The van der Waals surface area contributed by atoms with E-state index < -0.39 is 0 Å². The van der Waals surface area contributed by atoms with Gasteiger partial charge in [-0.15, -0.1) is 0 Å². The van der Waals surface area contributed by atoms with Crippen LogP contribution in [-0.2, 0) is 0 Å². The number of furan rings is 1. The van der Waals surface area contributed by atoms with Crippen molar-refractivity contribution >= 4 is 22.6 Å². The minimum atomic E-state index is -0.116. The minimum absolute atomic E-state index is 0.106. The largest absolute Gasteiger partial charge is 0.458 e. The lowest BCUT2D eigenvalue weighted by Gasteiger charge is -2.43. The van der Waals surface area contributed by atoms with Gasteiger partial charge in [0, 0.05) is 10.9 Å². The van der Waals surface area contributed by atoms with Crippen molar-refractivity contribution in [2.75, 3.05) is 14.1 Å². The van der Waals surface area contributed by atoms with Crippen LogP contribution in [0.2, 0.25) is 5.02 Å². The lowest BCUT2D eigenvalue weighted by molar-refractivity contribution is 0.0787. The maximum Gasteiger partial charge on any atom is 0.152 e. The van der Waals surface area contributed by atoms with E-state index in [1.807, 2.05) is 24.3 Å². The molecule has 0 bridgehead atoms. The minimum Gasteiger partial charge on any atom is -0.458 e. The number of para-hydroxylation sites is 1. The van der Waals surface area contributed by atoms with Crippen molar-refractivity contribution in [1.82, 2.24) is 10.3 Å². The van der Waals surface area contributed by atoms with Gasteiger partial charge in [-0.3, -0.25) is 5.84 Å². The number of nitrogens with zero attached hydrogens (tertiary/aromatic N) is 1. The second-order valence-corrected chi connectivity index (χ2v) is 6.02. The number of hydrazine groups is 1. The van der Waals surface area contributed by atoms with E-state index in [9.17, 15) is 0 Å². The van der Waals surface area contributed by atoms with Crippen LogP contribution in [0.25, 0.3) is 11.0 Å². The summed E-state index contributed by atoms with van der Waals surface area (Å²) in [5.74, 6) is 6.69. The summed E-state index contributed by atoms with van der Waals surface area (Å²) in [4.78, 5) is 2.21. The Labute approximate surface area is 131 Å². The molecular formula is C16H24ClN3O. The summed E-state index contributed by atoms with van der Waals surface area (Å²) in [7, 11) is 4.15. The molecule has 21 heavy (non-hydrogen) atoms. The highest BCUT2D eigenvalue weighted by molar-refractivity contribution is 6.34. The summed E-state index contributed by atoms with van der Waals surface area (Å²) < 4.78 is 6.01. The van der Waals surface area contributed by atoms with Gasteiger partial charge in [-0.1, -0.05) is 37.6 Å². The van der Waals surface area contributed by atoms with Gasteiger partial charge in [0.15, 0.2) is 5.58 Å². The highest BCUT2D eigenvalue weighted by atomic mass is 35.5. The molecule has 2 rings (SSSR count). The van der Waals surface area contributed by atoms with E-state index in [2.05, 4.69) is 38.3 Å². The van der Waals surface area contributed by atoms with Crippen LogP contribution in [0.3, 0.4) is 0 Å². The number of halogens is 1. The summed E-state index contributed by atoms with van der Waals surface area (Å²) in [6, 6.07) is 7.67. The molecular weight excluding hydrogens is 286 g/mol. The molecule has 0 aliphatic heterocycles. The van der Waals surface area contributed by atoms with Gasteiger partial charge in [0.05, 0.1) is 11.1 Å². The Balaban J connectivity index is 2.55. The van der Waals surface area contributed by atoms with E-state index in [-0.39, 0.29) is 11.6 Å². The van der Waals surface area contributed by atoms with Gasteiger partial charge in [-0.05, 0) is 39.1 Å². The van der Waals surface area contributed by atoms with Gasteiger partial charge >= 0.3 is 0 Å². The Hall–Kier alpha value is -1.07. The average molecular weight is 310 g/mol. The van der Waals surface area contributed by atoms with Crippen molar-refractivity contribution in [2.24, 2.45) is 5.84 Å². The summed E-state index contributed by atoms with van der Waals surface area (Å²) in [6.45, 7) is 4.34. The zero-order chi connectivity index (χ0) is 15.6. The van der Waals surface area contributed by atoms with Crippen LogP contribution in [0.15, 0.2) is 28.7 Å². The molecule has 0 spiro atoms. The number of hydrogen-bond acceptors (Lipinski definition) is 4. The van der Waals surface area contributed by atoms with E-state index >= 15 is 0 Å². The van der Waals surface area contributed by atoms with Crippen molar-refractivity contribution in [3.8, 4) is 0 Å². The third-order valence-electron chi connectivity index (χ3n) is 4.62. The van der Waals surface area contributed by atoms with Crippen LogP contribution in [0.1, 0.15) is 38.5 Å². The van der Waals surface area contributed by atoms with Gasteiger partial charge in [-0.2, -0.15) is 0 Å². The van der Waals surface area contributed by atoms with Crippen molar-refractivity contribution in [1.29, 1.82) is 0 Å². The van der Waals surface area contributed by atoms with Crippen LogP contribution in [-0.4, -0.2) is 24.5 Å². The Morgan fingerprint density at radius 2 is 2.00 bits per heavy atom. The first kappa shape index (κ1) is 16.3. The maximum absolute atomic E-state index is 6.21. The Kier molecular flexibility index (Phi) is 4.94. The summed E-state index contributed by atoms with van der Waals surface area (Å²) in [6.07, 6.45) is 1.91. The molecule has 1 heterocycles. The van der Waals surface area contributed by atoms with Crippen LogP contribution in [0.4, 0.5) is 0 Å². The SMILES string of the molecule is CCC(CC)(C(NN)c1cc2cccc(Cl)c2o1)N(C)C. The second kappa shape index (κ2) is 6.36. The zero-order valence-electron chi connectivity index (χ0n) is 13.1. The first-order valence-electron chi connectivity index (χ1n) is 7.31. The van der Waals surface area contributed by atoms with Crippen molar-refractivity contribution < 1.29 is 4.42 Å². The Morgan fingerprint density at radius 1 is 1.33 bits per heavy atom. The summed E-state index contributed by atoms with van der Waals surface area (Å²) in [5, 5.41) is 1.62. The first-order valence-corrected chi connectivity index (χ1v) is 7.69. The fourth-order valence-electron chi connectivity index (χ4n) is 3.24. The molecule has 0 saturated carbocycles. The highest BCUT2D eigenvalue weighted by Gasteiger charge is 2.40. The molecule has 1 atom stereocenters. The Bertz CT molecular complexity index is 605. The van der Waals surface area contributed by atoms with Crippen LogP contribution < -0.4 is 11.3 Å². The standard InChI is InChI=1S/C16H24ClN3O/c1-5-16(6-2,20(3)4)15(19-18)13-10-11-8-7-9-12(17)14(11)21-13/h7-10,15,19H,5-6,18H2,1-4H3. The van der Waals surface area contributed by atoms with Gasteiger partial charge in [-0.25, -0.2) is 5.43 Å². The van der Waals surface area contributed by atoms with Crippen molar-refractivity contribution in [2.45, 2.75) is 38.3 Å². The normalized spacial score (nSPS) is 14.0. The third-order valence-corrected chi connectivity index (χ3v) is 4.92. The second-order valence-electron chi connectivity index (χ2n) is 5.61. The number of nitrogens with one attached hydrogen (secondary N) is 1. The molecule has 4 nitrogen and oxygen atoms in total. The first-order chi connectivity index (χ1) is 10.00. The van der Waals surface area contributed by atoms with E-state index in [0.717, 1.165) is 24.0 Å². The number of nitrogens with two attached hydrogens (primary N) is 1. The molecule has 1 aromatic carbocycles. The summed E-state index contributed by atoms with van der Waals surface area (Å²) in [5.41, 5.74) is 3.55. The topological polar surface area (TPSA) is 54.4 Å². The van der Waals surface area contributed by atoms with Crippen molar-refractivity contribution in [3.63, 3.8) is 0 Å². The van der Waals surface area contributed by atoms with E-state index in [1.54, 1.807) is 0 Å². The number of likely N-dealkylation sites (N-methyl/N-ethyl adjacent to an activating group) is 1. The molecule has 2 aromatic rings. The predicted octanol–water partition coefficient (Wildman–Crippen LogP) is 3.71. The van der Waals surface area contributed by atoms with Crippen LogP contribution in [0, 0.1) is 0 Å². The van der Waals surface area contributed by atoms with E-state index in [0.29, 0.717) is 10.6 Å². The van der Waals surface area contributed by atoms with Gasteiger partial charge < -0.3 is 9.32 Å². The number of benzene rings is 1. The summed E-state index contributed by atoms with van der Waals surface area (Å²) >= 11 is 6.21. The van der Waals surface area contributed by atoms with Crippen LogP contribution in [0.5, 0.6) is 0 Å². The average Bonchev–Trinajstić information content (AvgIpc) is 2.89. The molecule has 0 fully saturated rings. The molecule has 0 aliphatic carbocycles. The number of fused-ring (bicyclic) bond motifs is 1. The zero-order valence-corrected chi connectivity index (χ0v) is 13.9. The molecule has 0 aliphatic rings. The molecule has 5 heteroatoms. The van der Waals surface area contributed by atoms with E-state index in [4.69, 9.17) is 21.9 Å². The Morgan fingerprint density at radius 3 is 2.48 bits per heavy atom. The highest BCUT2D eigenvalue weighted by Crippen LogP contribution is 2.38. The fraction of sp³-hybridized carbons (Fsp3) is 0.500. The molecule has 0 amide bonds. The van der Waals surface area contributed by atoms with Crippen LogP contribution >= 0.6 is 11.6 Å². The number of rotatable bonds is 6. The smallest absolute Gasteiger partial charge is 0.152 e. The van der Waals surface area contributed by atoms with Gasteiger partial charge in [0.1, 0.15) is 5.76 Å². The molecule has 116 valence electrons. The molecule has 3 N–H and O–H groups in total. The predicted molar refractivity (Wildman–Crippen MR) is 88.3 cm³/mol. The lowest BCUT2D eigenvalue weighted by atomic mass is 9.82. The quantitative estimate of drug-likeness (QED) is 0.631. The molecule has 0 saturated heterocycles. The monoisotopic (exact) mass is 309 g/mol.